The molecule has 1 fully saturated rings. The van der Waals surface area contributed by atoms with Crippen LogP contribution >= 0.6 is 0 Å². The number of benzene rings is 2. The normalized spacial score (nSPS) is 19.4. The lowest BCUT2D eigenvalue weighted by molar-refractivity contribution is -0.00566. The fourth-order valence-corrected chi connectivity index (χ4v) is 4.98. The maximum Gasteiger partial charge on any atom is 0.185 e. The van der Waals surface area contributed by atoms with Crippen molar-refractivity contribution in [2.75, 3.05) is 18.0 Å². The van der Waals surface area contributed by atoms with Gasteiger partial charge in [0.1, 0.15) is 5.69 Å². The molecular formula is C24H29F4NO3S. The first kappa shape index (κ1) is 25.5. The highest BCUT2D eigenvalue weighted by Gasteiger charge is 2.32. The number of nitrogens with zero attached hydrogens (tertiary/aromatic N) is 1. The molecule has 2 aromatic carbocycles. The summed E-state index contributed by atoms with van der Waals surface area (Å²) in [6.07, 6.45) is -0.783. The number of sulfone groups is 1. The van der Waals surface area contributed by atoms with E-state index in [4.69, 9.17) is 4.74 Å². The summed E-state index contributed by atoms with van der Waals surface area (Å²) in [5.74, 6) is -5.70. The summed E-state index contributed by atoms with van der Waals surface area (Å²) >= 11 is 0. The molecule has 4 nitrogen and oxygen atoms in total. The smallest absolute Gasteiger partial charge is 0.185 e. The van der Waals surface area contributed by atoms with E-state index in [1.165, 1.54) is 4.90 Å². The largest absolute Gasteiger partial charge is 0.372 e. The van der Waals surface area contributed by atoms with Crippen molar-refractivity contribution >= 4 is 15.5 Å². The van der Waals surface area contributed by atoms with Crippen molar-refractivity contribution in [1.82, 2.24) is 0 Å². The van der Waals surface area contributed by atoms with Crippen molar-refractivity contribution < 1.29 is 30.7 Å². The fraction of sp³-hybridized carbons (Fsp3) is 0.500. The van der Waals surface area contributed by atoms with Crippen molar-refractivity contribution in [3.63, 3.8) is 0 Å². The van der Waals surface area contributed by atoms with Gasteiger partial charge in [-0.2, -0.15) is 0 Å². The number of aryl methyl sites for hydroxylation is 1. The van der Waals surface area contributed by atoms with Crippen molar-refractivity contribution in [1.29, 1.82) is 0 Å². The molecule has 2 atom stereocenters. The van der Waals surface area contributed by atoms with E-state index in [-0.39, 0.29) is 43.9 Å². The van der Waals surface area contributed by atoms with E-state index in [1.54, 1.807) is 52.0 Å². The Hall–Kier alpha value is -2.13. The van der Waals surface area contributed by atoms with Gasteiger partial charge >= 0.3 is 0 Å². The number of anilines is 1. The average Bonchev–Trinajstić information content (AvgIpc) is 2.72. The Morgan fingerprint density at radius 3 is 1.85 bits per heavy atom. The Morgan fingerprint density at radius 2 is 1.36 bits per heavy atom. The third kappa shape index (κ3) is 5.69. The van der Waals surface area contributed by atoms with Crippen LogP contribution in [0.4, 0.5) is 23.2 Å². The minimum Gasteiger partial charge on any atom is -0.372 e. The van der Waals surface area contributed by atoms with Crippen LogP contribution in [0.2, 0.25) is 0 Å². The van der Waals surface area contributed by atoms with Gasteiger partial charge in [0.25, 0.3) is 0 Å². The van der Waals surface area contributed by atoms with Crippen LogP contribution in [-0.4, -0.2) is 39.0 Å². The van der Waals surface area contributed by atoms with Gasteiger partial charge in [0, 0.05) is 18.7 Å². The Balaban J connectivity index is 1.78. The molecule has 1 aliphatic rings. The third-order valence-electron chi connectivity index (χ3n) is 5.84. The number of halogens is 4. The molecule has 1 heterocycles. The van der Waals surface area contributed by atoms with E-state index in [2.05, 4.69) is 0 Å². The van der Waals surface area contributed by atoms with Crippen LogP contribution in [0.1, 0.15) is 44.4 Å². The van der Waals surface area contributed by atoms with Crippen molar-refractivity contribution in [3.8, 4) is 0 Å². The van der Waals surface area contributed by atoms with Gasteiger partial charge in [-0.05, 0) is 51.7 Å². The van der Waals surface area contributed by atoms with Gasteiger partial charge in [-0.15, -0.1) is 0 Å². The summed E-state index contributed by atoms with van der Waals surface area (Å²) in [7, 11) is -3.25. The summed E-state index contributed by atoms with van der Waals surface area (Å²) in [6.45, 7) is 6.91. The lowest BCUT2D eigenvalue weighted by Gasteiger charge is -2.37. The molecule has 2 aromatic rings. The van der Waals surface area contributed by atoms with Crippen molar-refractivity contribution in [2.45, 2.75) is 63.7 Å². The molecule has 0 aromatic heterocycles. The van der Waals surface area contributed by atoms with Gasteiger partial charge in [0.15, 0.2) is 33.1 Å². The van der Waals surface area contributed by atoms with Crippen molar-refractivity contribution in [3.05, 3.63) is 64.2 Å². The summed E-state index contributed by atoms with van der Waals surface area (Å²) in [6, 6.07) is 6.57. The van der Waals surface area contributed by atoms with E-state index in [0.717, 1.165) is 0 Å². The van der Waals surface area contributed by atoms with Crippen LogP contribution in [0.5, 0.6) is 0 Å². The monoisotopic (exact) mass is 487 g/mol. The van der Waals surface area contributed by atoms with E-state index in [1.807, 2.05) is 0 Å². The SMILES string of the molecule is CC(C)S(=O)(=O)Cc1ccc(CCc2c(F)c(F)c(N3C[C@@H](C)O[C@@H](C)C3)c(F)c2F)cc1. The first-order valence-electron chi connectivity index (χ1n) is 10.9. The predicted octanol–water partition coefficient (Wildman–Crippen LogP) is 4.97. The molecule has 0 bridgehead atoms. The third-order valence-corrected chi connectivity index (χ3v) is 8.01. The quantitative estimate of drug-likeness (QED) is 0.409. The topological polar surface area (TPSA) is 46.6 Å². The van der Waals surface area contributed by atoms with E-state index >= 15 is 0 Å². The summed E-state index contributed by atoms with van der Waals surface area (Å²) < 4.78 is 88.8. The minimum absolute atomic E-state index is 0.106. The van der Waals surface area contributed by atoms with Crippen LogP contribution in [0.25, 0.3) is 0 Å². The molecule has 0 spiro atoms. The highest BCUT2D eigenvalue weighted by Crippen LogP contribution is 2.33. The van der Waals surface area contributed by atoms with Gasteiger partial charge in [-0.25, -0.2) is 26.0 Å². The van der Waals surface area contributed by atoms with Crippen LogP contribution in [0, 0.1) is 23.3 Å². The van der Waals surface area contributed by atoms with Gasteiger partial charge < -0.3 is 9.64 Å². The lowest BCUT2D eigenvalue weighted by atomic mass is 10.0. The zero-order chi connectivity index (χ0) is 24.5. The Kier molecular flexibility index (Phi) is 7.73. The maximum atomic E-state index is 14.8. The summed E-state index contributed by atoms with van der Waals surface area (Å²) in [4.78, 5) is 1.28. The lowest BCUT2D eigenvalue weighted by Crippen LogP contribution is -2.46. The van der Waals surface area contributed by atoms with Crippen molar-refractivity contribution in [2.24, 2.45) is 0 Å². The maximum absolute atomic E-state index is 14.8. The van der Waals surface area contributed by atoms with Gasteiger partial charge in [0.05, 0.1) is 23.2 Å². The number of rotatable bonds is 7. The van der Waals surface area contributed by atoms with E-state index in [0.29, 0.717) is 11.1 Å². The molecule has 33 heavy (non-hydrogen) atoms. The molecular weight excluding hydrogens is 458 g/mol. The number of hydrogen-bond donors (Lipinski definition) is 0. The van der Waals surface area contributed by atoms with Crippen LogP contribution in [-0.2, 0) is 33.2 Å². The molecule has 9 heteroatoms. The molecule has 0 saturated carbocycles. The standard InChI is InChI=1S/C24H29F4NO3S/c1-14(2)33(30,31)13-18-7-5-17(6-8-18)9-10-19-20(25)22(27)24(23(28)21(19)26)29-11-15(3)32-16(4)12-29/h5-8,14-16H,9-13H2,1-4H3/t15-,16+. The first-order valence-corrected chi connectivity index (χ1v) is 12.7. The molecule has 0 radical (unpaired) electrons. The number of ether oxygens (including phenoxy) is 1. The Bertz CT molecular complexity index is 1060. The summed E-state index contributed by atoms with van der Waals surface area (Å²) in [5.41, 5.74) is -0.0820. The first-order chi connectivity index (χ1) is 15.4. The fourth-order valence-electron chi connectivity index (χ4n) is 3.99. The molecule has 0 unspecified atom stereocenters. The molecule has 1 aliphatic heterocycles. The zero-order valence-corrected chi connectivity index (χ0v) is 20.0. The molecule has 3 rings (SSSR count). The minimum atomic E-state index is -3.25. The highest BCUT2D eigenvalue weighted by molar-refractivity contribution is 7.91. The highest BCUT2D eigenvalue weighted by atomic mass is 32.2. The molecule has 182 valence electrons. The Morgan fingerprint density at radius 1 is 0.879 bits per heavy atom. The molecule has 0 N–H and O–H groups in total. The molecule has 1 saturated heterocycles. The average molecular weight is 488 g/mol. The van der Waals surface area contributed by atoms with Gasteiger partial charge in [-0.1, -0.05) is 24.3 Å². The molecule has 0 amide bonds. The van der Waals surface area contributed by atoms with E-state index < -0.39 is 49.6 Å². The Labute approximate surface area is 192 Å². The number of hydrogen-bond acceptors (Lipinski definition) is 4. The summed E-state index contributed by atoms with van der Waals surface area (Å²) in [5, 5.41) is -0.500. The molecule has 0 aliphatic carbocycles. The predicted molar refractivity (Wildman–Crippen MR) is 120 cm³/mol. The van der Waals surface area contributed by atoms with Crippen LogP contribution in [0.15, 0.2) is 24.3 Å². The zero-order valence-electron chi connectivity index (χ0n) is 19.2. The number of morpholine rings is 1. The second-order valence-electron chi connectivity index (χ2n) is 8.92. The van der Waals surface area contributed by atoms with Gasteiger partial charge in [0.2, 0.25) is 0 Å². The van der Waals surface area contributed by atoms with Crippen LogP contribution in [0.3, 0.4) is 0 Å². The van der Waals surface area contributed by atoms with Crippen LogP contribution < -0.4 is 4.90 Å². The second kappa shape index (κ2) is 10.0. The van der Waals surface area contributed by atoms with E-state index in [9.17, 15) is 26.0 Å². The van der Waals surface area contributed by atoms with Gasteiger partial charge in [-0.3, -0.25) is 0 Å². The second-order valence-corrected chi connectivity index (χ2v) is 11.5.